The third-order valence-corrected chi connectivity index (χ3v) is 9.17. The molecule has 0 radical (unpaired) electrons. The summed E-state index contributed by atoms with van der Waals surface area (Å²) < 4.78 is 9.28. The highest BCUT2D eigenvalue weighted by Crippen LogP contribution is 2.39. The summed E-state index contributed by atoms with van der Waals surface area (Å²) in [6, 6.07) is 47.8. The molecule has 43 heavy (non-hydrogen) atoms. The molecule has 0 saturated carbocycles. The Balaban J connectivity index is 1.38. The van der Waals surface area contributed by atoms with Crippen molar-refractivity contribution < 1.29 is 0 Å². The lowest BCUT2D eigenvalue weighted by atomic mass is 10.1. The fraction of sp³-hybridized carbons (Fsp3) is 0.0263. The van der Waals surface area contributed by atoms with Crippen LogP contribution in [0.2, 0.25) is 0 Å². The van der Waals surface area contributed by atoms with Crippen LogP contribution in [0.4, 0.5) is 0 Å². The number of nitrogens with zero attached hydrogens (tertiary/aromatic N) is 5. The third-order valence-electron chi connectivity index (χ3n) is 9.17. The van der Waals surface area contributed by atoms with Crippen molar-refractivity contribution in [2.24, 2.45) is 7.05 Å². The molecule has 0 saturated heterocycles. The van der Waals surface area contributed by atoms with Crippen molar-refractivity contribution >= 4 is 71.5 Å². The SMILES string of the molecule is Cn1c2ccccc2c2cc(-n3c4ccccc4c4ccc5c(nc6n(-c7ccccc7)c7ccccc7n56)c43)ccc21. The van der Waals surface area contributed by atoms with E-state index in [2.05, 4.69) is 159 Å². The highest BCUT2D eigenvalue weighted by Gasteiger charge is 2.22. The van der Waals surface area contributed by atoms with Gasteiger partial charge in [-0.15, -0.1) is 0 Å². The summed E-state index contributed by atoms with van der Waals surface area (Å²) in [4.78, 5) is 5.46. The number of aromatic nitrogens is 5. The molecule has 0 N–H and O–H groups in total. The topological polar surface area (TPSA) is 32.1 Å². The molecule has 0 atom stereocenters. The van der Waals surface area contributed by atoms with E-state index in [-0.39, 0.29) is 0 Å². The van der Waals surface area contributed by atoms with Gasteiger partial charge in [-0.2, -0.15) is 0 Å². The largest absolute Gasteiger partial charge is 0.344 e. The zero-order valence-corrected chi connectivity index (χ0v) is 23.4. The van der Waals surface area contributed by atoms with Crippen LogP contribution in [0.5, 0.6) is 0 Å². The number of hydrogen-bond donors (Lipinski definition) is 0. The molecule has 0 aliphatic rings. The number of imidazole rings is 2. The van der Waals surface area contributed by atoms with E-state index in [4.69, 9.17) is 4.98 Å². The molecule has 0 aliphatic heterocycles. The monoisotopic (exact) mass is 551 g/mol. The lowest BCUT2D eigenvalue weighted by Crippen LogP contribution is -1.96. The normalized spacial score (nSPS) is 12.3. The lowest BCUT2D eigenvalue weighted by Gasteiger charge is -2.09. The molecule has 6 aromatic carbocycles. The van der Waals surface area contributed by atoms with Gasteiger partial charge in [0, 0.05) is 51.0 Å². The van der Waals surface area contributed by atoms with Crippen molar-refractivity contribution in [3.63, 3.8) is 0 Å². The first kappa shape index (κ1) is 22.8. The predicted molar refractivity (Wildman–Crippen MR) is 178 cm³/mol. The van der Waals surface area contributed by atoms with Gasteiger partial charge in [-0.3, -0.25) is 8.97 Å². The molecule has 4 aromatic heterocycles. The van der Waals surface area contributed by atoms with Crippen LogP contribution in [0.1, 0.15) is 0 Å². The summed E-state index contributed by atoms with van der Waals surface area (Å²) in [5.74, 6) is 0.913. The van der Waals surface area contributed by atoms with Crippen LogP contribution in [0.15, 0.2) is 133 Å². The first-order valence-corrected chi connectivity index (χ1v) is 14.6. The molecule has 4 heterocycles. The van der Waals surface area contributed by atoms with Gasteiger partial charge in [0.1, 0.15) is 5.52 Å². The molecule has 0 bridgehead atoms. The Hall–Kier alpha value is -5.81. The second kappa shape index (κ2) is 8.14. The summed E-state index contributed by atoms with van der Waals surface area (Å²) in [5.41, 5.74) is 11.4. The first-order chi connectivity index (χ1) is 21.3. The number of benzene rings is 6. The molecule has 0 fully saturated rings. The molecule has 10 aromatic rings. The zero-order valence-electron chi connectivity index (χ0n) is 23.4. The van der Waals surface area contributed by atoms with Crippen LogP contribution in [0.25, 0.3) is 82.8 Å². The van der Waals surface area contributed by atoms with E-state index in [1.54, 1.807) is 0 Å². The lowest BCUT2D eigenvalue weighted by molar-refractivity contribution is 1.01. The molecule has 0 spiro atoms. The first-order valence-electron chi connectivity index (χ1n) is 14.6. The number of hydrogen-bond acceptors (Lipinski definition) is 1. The molecule has 202 valence electrons. The third kappa shape index (κ3) is 2.88. The zero-order chi connectivity index (χ0) is 28.2. The van der Waals surface area contributed by atoms with Gasteiger partial charge < -0.3 is 9.13 Å². The Morgan fingerprint density at radius 3 is 1.88 bits per heavy atom. The molecule has 5 nitrogen and oxygen atoms in total. The van der Waals surface area contributed by atoms with Crippen molar-refractivity contribution in [1.29, 1.82) is 0 Å². The van der Waals surface area contributed by atoms with Gasteiger partial charge in [-0.05, 0) is 66.7 Å². The highest BCUT2D eigenvalue weighted by atomic mass is 15.2. The van der Waals surface area contributed by atoms with Crippen molar-refractivity contribution in [2.75, 3.05) is 0 Å². The maximum Gasteiger partial charge on any atom is 0.220 e. The minimum Gasteiger partial charge on any atom is -0.344 e. The van der Waals surface area contributed by atoms with E-state index >= 15 is 0 Å². The van der Waals surface area contributed by atoms with Gasteiger partial charge in [0.25, 0.3) is 0 Å². The van der Waals surface area contributed by atoms with E-state index in [1.807, 2.05) is 0 Å². The Morgan fingerprint density at radius 2 is 1.07 bits per heavy atom. The fourth-order valence-corrected chi connectivity index (χ4v) is 7.31. The van der Waals surface area contributed by atoms with E-state index < -0.39 is 0 Å². The minimum atomic E-state index is 0.913. The maximum atomic E-state index is 5.46. The van der Waals surface area contributed by atoms with Gasteiger partial charge in [0.2, 0.25) is 5.78 Å². The number of fused-ring (bicyclic) bond motifs is 12. The fourth-order valence-electron chi connectivity index (χ4n) is 7.31. The van der Waals surface area contributed by atoms with Gasteiger partial charge >= 0.3 is 0 Å². The smallest absolute Gasteiger partial charge is 0.220 e. The van der Waals surface area contributed by atoms with Crippen LogP contribution < -0.4 is 0 Å². The van der Waals surface area contributed by atoms with Gasteiger partial charge in [-0.1, -0.05) is 66.7 Å². The van der Waals surface area contributed by atoms with Crippen molar-refractivity contribution in [1.82, 2.24) is 23.1 Å². The van der Waals surface area contributed by atoms with Gasteiger partial charge in [0.15, 0.2) is 0 Å². The van der Waals surface area contributed by atoms with Crippen LogP contribution in [0.3, 0.4) is 0 Å². The number of rotatable bonds is 2. The van der Waals surface area contributed by atoms with Gasteiger partial charge in [0.05, 0.1) is 27.6 Å². The average Bonchev–Trinajstić information content (AvgIpc) is 3.78. The van der Waals surface area contributed by atoms with Crippen molar-refractivity contribution in [3.8, 4) is 11.4 Å². The Bertz CT molecular complexity index is 2730. The molecule has 10 rings (SSSR count). The quantitative estimate of drug-likeness (QED) is 0.211. The average molecular weight is 552 g/mol. The van der Waals surface area contributed by atoms with E-state index in [0.29, 0.717) is 0 Å². The molecular weight excluding hydrogens is 526 g/mol. The van der Waals surface area contributed by atoms with E-state index in [0.717, 1.165) is 44.7 Å². The van der Waals surface area contributed by atoms with E-state index in [1.165, 1.54) is 38.1 Å². The summed E-state index contributed by atoms with van der Waals surface area (Å²) >= 11 is 0. The van der Waals surface area contributed by atoms with E-state index in [9.17, 15) is 0 Å². The second-order valence-electron chi connectivity index (χ2n) is 11.4. The van der Waals surface area contributed by atoms with Crippen LogP contribution in [-0.2, 0) is 7.05 Å². The molecule has 0 aliphatic carbocycles. The molecule has 0 amide bonds. The Labute approximate surface area is 246 Å². The standard InChI is InChI=1S/C38H25N5/c1-40-30-15-7-5-14-27(30)29-23-25(19-21-31(29)40)41-32-16-8-6-13-26(32)28-20-22-35-36(37(28)41)39-38-42(24-11-3-2-4-12-24)33-17-9-10-18-34(33)43(35)38/h2-23H,1H3. The summed E-state index contributed by atoms with van der Waals surface area (Å²) in [5, 5.41) is 4.96. The van der Waals surface area contributed by atoms with Crippen LogP contribution in [0, 0.1) is 0 Å². The summed E-state index contributed by atoms with van der Waals surface area (Å²) in [7, 11) is 2.15. The summed E-state index contributed by atoms with van der Waals surface area (Å²) in [6.45, 7) is 0. The Morgan fingerprint density at radius 1 is 0.442 bits per heavy atom. The minimum absolute atomic E-state index is 0.913. The number of para-hydroxylation sites is 5. The maximum absolute atomic E-state index is 5.46. The molecule has 5 heteroatoms. The van der Waals surface area contributed by atoms with Gasteiger partial charge in [-0.25, -0.2) is 4.98 Å². The number of aryl methyl sites for hydroxylation is 1. The highest BCUT2D eigenvalue weighted by molar-refractivity contribution is 6.18. The van der Waals surface area contributed by atoms with Crippen LogP contribution >= 0.6 is 0 Å². The second-order valence-corrected chi connectivity index (χ2v) is 11.4. The Kier molecular flexibility index (Phi) is 4.32. The predicted octanol–water partition coefficient (Wildman–Crippen LogP) is 9.17. The van der Waals surface area contributed by atoms with Crippen molar-refractivity contribution in [2.45, 2.75) is 0 Å². The molecular formula is C38H25N5. The van der Waals surface area contributed by atoms with Crippen molar-refractivity contribution in [3.05, 3.63) is 133 Å². The molecule has 0 unspecified atom stereocenters. The van der Waals surface area contributed by atoms with Crippen LogP contribution in [-0.4, -0.2) is 23.1 Å². The summed E-state index contributed by atoms with van der Waals surface area (Å²) in [6.07, 6.45) is 0.